The molecule has 0 saturated heterocycles. The topological polar surface area (TPSA) is 15.3 Å². The molecule has 1 N–H and O–H groups in total. The van der Waals surface area contributed by atoms with Gasteiger partial charge in [-0.05, 0) is 44.8 Å². The highest BCUT2D eigenvalue weighted by atomic mass is 15.1. The minimum absolute atomic E-state index is 0.474. The predicted octanol–water partition coefficient (Wildman–Crippen LogP) is 3.46. The first kappa shape index (κ1) is 14.5. The van der Waals surface area contributed by atoms with Crippen LogP contribution in [0.25, 0.3) is 0 Å². The van der Waals surface area contributed by atoms with Gasteiger partial charge in [-0.1, -0.05) is 43.7 Å². The van der Waals surface area contributed by atoms with Crippen molar-refractivity contribution in [2.24, 2.45) is 5.92 Å². The van der Waals surface area contributed by atoms with E-state index in [1.807, 2.05) is 0 Å². The van der Waals surface area contributed by atoms with Gasteiger partial charge in [-0.3, -0.25) is 0 Å². The van der Waals surface area contributed by atoms with Crippen molar-refractivity contribution in [3.05, 3.63) is 35.9 Å². The molecule has 3 unspecified atom stereocenters. The third kappa shape index (κ3) is 4.05. The van der Waals surface area contributed by atoms with Crippen LogP contribution in [0.15, 0.2) is 30.3 Å². The zero-order valence-electron chi connectivity index (χ0n) is 12.6. The monoisotopic (exact) mass is 260 g/mol. The van der Waals surface area contributed by atoms with Crippen LogP contribution in [0.5, 0.6) is 0 Å². The Hall–Kier alpha value is -0.860. The van der Waals surface area contributed by atoms with Crippen molar-refractivity contribution in [1.29, 1.82) is 0 Å². The lowest BCUT2D eigenvalue weighted by Gasteiger charge is -2.27. The first-order valence-corrected chi connectivity index (χ1v) is 7.65. The molecule has 0 aliphatic heterocycles. The zero-order chi connectivity index (χ0) is 13.7. The van der Waals surface area contributed by atoms with Crippen LogP contribution in [0.3, 0.4) is 0 Å². The molecule has 2 nitrogen and oxygen atoms in total. The Morgan fingerprint density at radius 1 is 1.21 bits per heavy atom. The van der Waals surface area contributed by atoms with Crippen LogP contribution in [0.2, 0.25) is 0 Å². The molecule has 0 bridgehead atoms. The summed E-state index contributed by atoms with van der Waals surface area (Å²) in [6, 6.07) is 12.0. The normalized spacial score (nSPS) is 24.8. The van der Waals surface area contributed by atoms with Crippen LogP contribution in [0.1, 0.15) is 44.2 Å². The molecule has 1 aromatic rings. The van der Waals surface area contributed by atoms with E-state index in [1.165, 1.54) is 31.2 Å². The van der Waals surface area contributed by atoms with Crippen LogP contribution in [0.4, 0.5) is 0 Å². The highest BCUT2D eigenvalue weighted by Crippen LogP contribution is 2.28. The molecule has 2 heteroatoms. The molecule has 1 fully saturated rings. The van der Waals surface area contributed by atoms with Crippen LogP contribution < -0.4 is 5.32 Å². The van der Waals surface area contributed by atoms with Gasteiger partial charge in [-0.2, -0.15) is 0 Å². The van der Waals surface area contributed by atoms with Crippen molar-refractivity contribution in [3.8, 4) is 0 Å². The molecule has 0 radical (unpaired) electrons. The van der Waals surface area contributed by atoms with Crippen molar-refractivity contribution >= 4 is 0 Å². The Morgan fingerprint density at radius 3 is 2.53 bits per heavy atom. The summed E-state index contributed by atoms with van der Waals surface area (Å²) in [6.45, 7) is 3.37. The standard InChI is InChI=1S/C17H28N2/c1-4-14-10-11-16(12-14)18-13-17(19(2)3)15-8-6-5-7-9-15/h5-9,14,16-18H,4,10-13H2,1-3H3. The number of rotatable bonds is 6. The van der Waals surface area contributed by atoms with E-state index >= 15 is 0 Å². The van der Waals surface area contributed by atoms with Crippen LogP contribution in [-0.4, -0.2) is 31.6 Å². The van der Waals surface area contributed by atoms with Crippen LogP contribution >= 0.6 is 0 Å². The largest absolute Gasteiger partial charge is 0.312 e. The maximum absolute atomic E-state index is 3.78. The van der Waals surface area contributed by atoms with E-state index in [9.17, 15) is 0 Å². The van der Waals surface area contributed by atoms with E-state index in [0.29, 0.717) is 6.04 Å². The Balaban J connectivity index is 1.88. The molecule has 0 spiro atoms. The maximum Gasteiger partial charge on any atom is 0.0466 e. The van der Waals surface area contributed by atoms with Gasteiger partial charge in [0.2, 0.25) is 0 Å². The molecule has 0 heterocycles. The second kappa shape index (κ2) is 7.06. The molecule has 1 aliphatic carbocycles. The van der Waals surface area contributed by atoms with E-state index in [4.69, 9.17) is 0 Å². The van der Waals surface area contributed by atoms with Gasteiger partial charge in [0, 0.05) is 18.6 Å². The average molecular weight is 260 g/mol. The van der Waals surface area contributed by atoms with Gasteiger partial charge in [-0.25, -0.2) is 0 Å². The summed E-state index contributed by atoms with van der Waals surface area (Å²) in [4.78, 5) is 2.31. The maximum atomic E-state index is 3.78. The van der Waals surface area contributed by atoms with Crippen molar-refractivity contribution < 1.29 is 0 Å². The zero-order valence-corrected chi connectivity index (χ0v) is 12.6. The Bertz CT molecular complexity index is 361. The summed E-state index contributed by atoms with van der Waals surface area (Å²) >= 11 is 0. The fraction of sp³-hybridized carbons (Fsp3) is 0.647. The second-order valence-corrected chi connectivity index (χ2v) is 6.08. The molecule has 19 heavy (non-hydrogen) atoms. The molecule has 2 rings (SSSR count). The van der Waals surface area contributed by atoms with Gasteiger partial charge in [0.15, 0.2) is 0 Å². The van der Waals surface area contributed by atoms with Gasteiger partial charge in [0.05, 0.1) is 0 Å². The quantitative estimate of drug-likeness (QED) is 0.842. The predicted molar refractivity (Wildman–Crippen MR) is 82.3 cm³/mol. The minimum atomic E-state index is 0.474. The molecule has 1 aromatic carbocycles. The summed E-state index contributed by atoms with van der Waals surface area (Å²) in [6.07, 6.45) is 5.47. The van der Waals surface area contributed by atoms with Crippen molar-refractivity contribution in [1.82, 2.24) is 10.2 Å². The Morgan fingerprint density at radius 2 is 1.95 bits per heavy atom. The van der Waals surface area contributed by atoms with Gasteiger partial charge in [0.25, 0.3) is 0 Å². The molecule has 0 amide bonds. The van der Waals surface area contributed by atoms with E-state index in [0.717, 1.165) is 18.5 Å². The third-order valence-electron chi connectivity index (χ3n) is 4.53. The van der Waals surface area contributed by atoms with Gasteiger partial charge < -0.3 is 10.2 Å². The molecule has 106 valence electrons. The van der Waals surface area contributed by atoms with Gasteiger partial charge in [0.1, 0.15) is 0 Å². The number of hydrogen-bond acceptors (Lipinski definition) is 2. The van der Waals surface area contributed by atoms with E-state index in [1.54, 1.807) is 0 Å². The third-order valence-corrected chi connectivity index (χ3v) is 4.53. The fourth-order valence-electron chi connectivity index (χ4n) is 3.18. The van der Waals surface area contributed by atoms with Gasteiger partial charge in [-0.15, -0.1) is 0 Å². The molecule has 1 saturated carbocycles. The van der Waals surface area contributed by atoms with Crippen molar-refractivity contribution in [2.45, 2.75) is 44.7 Å². The summed E-state index contributed by atoms with van der Waals surface area (Å²) in [5.74, 6) is 0.951. The Kier molecular flexibility index (Phi) is 5.41. The lowest BCUT2D eigenvalue weighted by atomic mass is 10.0. The number of nitrogens with zero attached hydrogens (tertiary/aromatic N) is 1. The number of nitrogens with one attached hydrogen (secondary N) is 1. The summed E-state index contributed by atoms with van der Waals surface area (Å²) < 4.78 is 0. The molecule has 1 aliphatic rings. The SMILES string of the molecule is CCC1CCC(NCC(c2ccccc2)N(C)C)C1. The lowest BCUT2D eigenvalue weighted by molar-refractivity contribution is 0.278. The lowest BCUT2D eigenvalue weighted by Crippen LogP contribution is -2.36. The summed E-state index contributed by atoms with van der Waals surface area (Å²) in [5, 5.41) is 3.78. The van der Waals surface area contributed by atoms with Crippen LogP contribution in [0, 0.1) is 5.92 Å². The first-order chi connectivity index (χ1) is 9.20. The van der Waals surface area contributed by atoms with E-state index < -0.39 is 0 Å². The average Bonchev–Trinajstić information content (AvgIpc) is 2.88. The minimum Gasteiger partial charge on any atom is -0.312 e. The fourth-order valence-corrected chi connectivity index (χ4v) is 3.18. The molecular weight excluding hydrogens is 232 g/mol. The highest BCUT2D eigenvalue weighted by Gasteiger charge is 2.24. The van der Waals surface area contributed by atoms with Crippen molar-refractivity contribution in [2.75, 3.05) is 20.6 Å². The highest BCUT2D eigenvalue weighted by molar-refractivity contribution is 5.19. The Labute approximate surface area is 118 Å². The molecule has 3 atom stereocenters. The summed E-state index contributed by atoms with van der Waals surface area (Å²) in [7, 11) is 4.34. The van der Waals surface area contributed by atoms with Crippen molar-refractivity contribution in [3.63, 3.8) is 0 Å². The van der Waals surface area contributed by atoms with Crippen LogP contribution in [-0.2, 0) is 0 Å². The molecular formula is C17H28N2. The second-order valence-electron chi connectivity index (χ2n) is 6.08. The smallest absolute Gasteiger partial charge is 0.0466 e. The number of likely N-dealkylation sites (N-methyl/N-ethyl adjacent to an activating group) is 1. The molecule has 0 aromatic heterocycles. The first-order valence-electron chi connectivity index (χ1n) is 7.65. The number of benzene rings is 1. The van der Waals surface area contributed by atoms with Gasteiger partial charge >= 0.3 is 0 Å². The van der Waals surface area contributed by atoms with E-state index in [-0.39, 0.29) is 0 Å². The number of hydrogen-bond donors (Lipinski definition) is 1. The summed E-state index contributed by atoms with van der Waals surface area (Å²) in [5.41, 5.74) is 1.41. The van der Waals surface area contributed by atoms with E-state index in [2.05, 4.69) is 61.6 Å².